The number of nitrogens with one attached hydrogen (secondary N) is 3. The van der Waals surface area contributed by atoms with Gasteiger partial charge >= 0.3 is 0 Å². The molecule has 2 amide bonds. The third-order valence-electron chi connectivity index (χ3n) is 8.99. The molecule has 2 aromatic carbocycles. The first kappa shape index (κ1) is 65.4. The Hall–Kier alpha value is -5.72. The van der Waals surface area contributed by atoms with E-state index >= 15 is 0 Å². The maximum absolute atomic E-state index is 12.2. The van der Waals surface area contributed by atoms with Gasteiger partial charge in [-0.1, -0.05) is 59.6 Å². The van der Waals surface area contributed by atoms with Crippen LogP contribution in [0.4, 0.5) is 23.3 Å². The number of halogens is 6. The second kappa shape index (κ2) is 34.5. The highest BCUT2D eigenvalue weighted by Gasteiger charge is 2.18. The van der Waals surface area contributed by atoms with Crippen molar-refractivity contribution in [3.63, 3.8) is 0 Å². The maximum atomic E-state index is 12.2. The van der Waals surface area contributed by atoms with Crippen LogP contribution in [0.25, 0.3) is 0 Å². The number of nitrogen functional groups attached to an aromatic ring is 4. The molecule has 0 bridgehead atoms. The van der Waals surface area contributed by atoms with Crippen molar-refractivity contribution in [2.24, 2.45) is 32.9 Å². The predicted octanol–water partition coefficient (Wildman–Crippen LogP) is 3.33. The molecule has 20 N–H and O–H groups in total. The van der Waals surface area contributed by atoms with Gasteiger partial charge in [0.25, 0.3) is 11.8 Å². The number of carbonyl (C=O) groups excluding carboxylic acids is 3. The van der Waals surface area contributed by atoms with Crippen molar-refractivity contribution in [3.8, 4) is 5.75 Å². The van der Waals surface area contributed by atoms with Gasteiger partial charge in [0.1, 0.15) is 18.1 Å². The average Bonchev–Trinajstić information content (AvgIpc) is 3.25. The van der Waals surface area contributed by atoms with Crippen molar-refractivity contribution >= 4 is 131 Å². The van der Waals surface area contributed by atoms with Crippen LogP contribution >= 0.6 is 72.8 Å². The van der Waals surface area contributed by atoms with Gasteiger partial charge in [0.05, 0.1) is 11.9 Å². The molecule has 0 spiro atoms. The number of aliphatic hydroxyl groups is 1. The third-order valence-corrected chi connectivity index (χ3v) is 9.55. The molecule has 0 fully saturated rings. The normalized spacial score (nSPS) is 11.1. The fourth-order valence-corrected chi connectivity index (χ4v) is 5.83. The van der Waals surface area contributed by atoms with E-state index in [2.05, 4.69) is 40.6 Å². The molecule has 2 aromatic heterocycles. The molecule has 0 aliphatic rings. The molecular formula is C41H61Cl6N17O5. The SMILES string of the molecule is Cl.Cl.Cl.Cl.N=C(N)CCC(O)COc1ccc(CCCCN=C(N)NC(=O)c2nc(Cl)c(N)nc2N)cc1.NCCC(=O)Cc1ccc(CCCCN=C(N)NC(=O)c2nc(Cl)c(N)nc2N)cc1. The first-order valence-corrected chi connectivity index (χ1v) is 21.1. The minimum absolute atomic E-state index is 0. The second-order valence-corrected chi connectivity index (χ2v) is 15.1. The summed E-state index contributed by atoms with van der Waals surface area (Å²) in [4.78, 5) is 59.3. The van der Waals surface area contributed by atoms with Gasteiger partial charge in [0.15, 0.2) is 56.9 Å². The summed E-state index contributed by atoms with van der Waals surface area (Å²) in [6.07, 6.45) is 5.87. The number of Topliss-reactive ketones (excluding diaryl/α,β-unsaturated/α-hetero) is 1. The number of hydrogen-bond donors (Lipinski definition) is 12. The van der Waals surface area contributed by atoms with Gasteiger partial charge in [-0.15, -0.1) is 49.6 Å². The third kappa shape index (κ3) is 24.9. The summed E-state index contributed by atoms with van der Waals surface area (Å²) in [5, 5.41) is 21.5. The number of aliphatic imine (C=N–C) groups is 2. The molecule has 0 saturated carbocycles. The minimum atomic E-state index is -0.679. The zero-order valence-corrected chi connectivity index (χ0v) is 42.1. The molecule has 0 radical (unpaired) electrons. The van der Waals surface area contributed by atoms with Gasteiger partial charge in [0.2, 0.25) is 0 Å². The fraction of sp³-hybridized carbons (Fsp3) is 0.366. The van der Waals surface area contributed by atoms with Crippen LogP contribution in [0.1, 0.15) is 82.6 Å². The lowest BCUT2D eigenvalue weighted by Crippen LogP contribution is -2.38. The number of benzene rings is 2. The summed E-state index contributed by atoms with van der Waals surface area (Å²) < 4.78 is 5.55. The van der Waals surface area contributed by atoms with Crippen molar-refractivity contribution in [1.82, 2.24) is 30.6 Å². The van der Waals surface area contributed by atoms with E-state index < -0.39 is 17.9 Å². The maximum Gasteiger partial charge on any atom is 0.280 e. The molecule has 0 aliphatic carbocycles. The summed E-state index contributed by atoms with van der Waals surface area (Å²) in [7, 11) is 0. The number of ketones is 1. The summed E-state index contributed by atoms with van der Waals surface area (Å²) in [6.45, 7) is 1.40. The van der Waals surface area contributed by atoms with E-state index in [9.17, 15) is 19.5 Å². The first-order valence-electron chi connectivity index (χ1n) is 20.4. The summed E-state index contributed by atoms with van der Waals surface area (Å²) in [6, 6.07) is 15.6. The quantitative estimate of drug-likeness (QED) is 0.0305. The number of guanidine groups is 2. The van der Waals surface area contributed by atoms with E-state index in [1.54, 1.807) is 0 Å². The monoisotopic (exact) mass is 1080 g/mol. The highest BCUT2D eigenvalue weighted by Crippen LogP contribution is 2.19. The van der Waals surface area contributed by atoms with Crippen molar-refractivity contribution in [1.29, 1.82) is 5.41 Å². The Kier molecular flexibility index (Phi) is 32.7. The Bertz CT molecular complexity index is 2300. The number of nitrogens with two attached hydrogens (primary N) is 8. The minimum Gasteiger partial charge on any atom is -0.491 e. The summed E-state index contributed by atoms with van der Waals surface area (Å²) in [5.41, 5.74) is 47.3. The van der Waals surface area contributed by atoms with Gasteiger partial charge in [-0.3, -0.25) is 40.4 Å². The molecular weight excluding hydrogens is 1020 g/mol. The zero-order chi connectivity index (χ0) is 47.9. The van der Waals surface area contributed by atoms with Crippen LogP contribution in [0.15, 0.2) is 58.5 Å². The number of amides is 2. The smallest absolute Gasteiger partial charge is 0.280 e. The average molecular weight is 1080 g/mol. The molecule has 4 aromatic rings. The van der Waals surface area contributed by atoms with Crippen molar-refractivity contribution < 1.29 is 24.2 Å². The number of anilines is 4. The molecule has 28 heteroatoms. The van der Waals surface area contributed by atoms with Crippen LogP contribution < -0.4 is 61.2 Å². The molecule has 0 aliphatic heterocycles. The molecule has 69 heavy (non-hydrogen) atoms. The first-order chi connectivity index (χ1) is 30.9. The number of nitrogens with zero attached hydrogens (tertiary/aromatic N) is 6. The molecule has 4 rings (SSSR count). The largest absolute Gasteiger partial charge is 0.491 e. The number of hydrogen-bond acceptors (Lipinski definition) is 17. The lowest BCUT2D eigenvalue weighted by atomic mass is 10.0. The van der Waals surface area contributed by atoms with Crippen molar-refractivity contribution in [2.45, 2.75) is 70.3 Å². The molecule has 0 saturated heterocycles. The fourth-order valence-electron chi connectivity index (χ4n) is 5.58. The number of ether oxygens (including phenoxy) is 1. The van der Waals surface area contributed by atoms with Crippen molar-refractivity contribution in [3.05, 3.63) is 86.9 Å². The molecule has 2 heterocycles. The molecule has 382 valence electrons. The van der Waals surface area contributed by atoms with E-state index in [1.807, 2.05) is 48.5 Å². The van der Waals surface area contributed by atoms with Gasteiger partial charge in [-0.2, -0.15) is 0 Å². The van der Waals surface area contributed by atoms with E-state index in [1.165, 1.54) is 5.56 Å². The Morgan fingerprint density at radius 3 is 1.49 bits per heavy atom. The lowest BCUT2D eigenvalue weighted by molar-refractivity contribution is -0.118. The van der Waals surface area contributed by atoms with E-state index in [4.69, 9.17) is 79.2 Å². The number of aliphatic hydroxyl groups excluding tert-OH is 1. The number of rotatable bonds is 22. The standard InChI is InChI=1S/C21H30ClN9O3.C20H27ClN8O2.4ClH/c22-17-19(26)30-18(25)16(29-17)20(33)31-21(27)28-10-2-1-3-12-4-7-14(8-5-12)34-11-13(32)6-9-15(23)24;21-16-18(24)28-17(23)15(27-16)19(31)29-20(25)26-10-2-1-3-12-4-6-13(7-5-12)11-14(30)8-9-22;;;;/h4-5,7-8,13,32H,1-3,6,9-11H2,(H3,23,24)(H4,25,26,30)(H3,27,28,31,33);4-7H,1-3,8-11,22H2,(H4,23,24,28)(H3,25,26,29,31);4*1H. The Labute approximate surface area is 434 Å². The second-order valence-electron chi connectivity index (χ2n) is 14.4. The summed E-state index contributed by atoms with van der Waals surface area (Å²) in [5.74, 6) is -1.05. The number of aromatic nitrogens is 4. The number of amidine groups is 1. The van der Waals surface area contributed by atoms with Crippen LogP contribution in [-0.2, 0) is 24.1 Å². The van der Waals surface area contributed by atoms with Crippen LogP contribution in [0, 0.1) is 5.41 Å². The van der Waals surface area contributed by atoms with Gasteiger partial charge < -0.3 is 55.7 Å². The van der Waals surface area contributed by atoms with Crippen LogP contribution in [0.3, 0.4) is 0 Å². The van der Waals surface area contributed by atoms with Gasteiger partial charge in [0, 0.05) is 32.4 Å². The molecule has 22 nitrogen and oxygen atoms in total. The van der Waals surface area contributed by atoms with Crippen LogP contribution in [-0.4, -0.2) is 92.7 Å². The van der Waals surface area contributed by atoms with E-state index in [0.717, 1.165) is 49.7 Å². The molecule has 1 atom stereocenters. The number of unbranched alkanes of at least 4 members (excludes halogenated alkanes) is 2. The highest BCUT2D eigenvalue weighted by atomic mass is 35.5. The van der Waals surface area contributed by atoms with E-state index in [0.29, 0.717) is 51.1 Å². The summed E-state index contributed by atoms with van der Waals surface area (Å²) >= 11 is 11.5. The number of aryl methyl sites for hydroxylation is 2. The lowest BCUT2D eigenvalue weighted by Gasteiger charge is -2.12. The van der Waals surface area contributed by atoms with Gasteiger partial charge in [-0.25, -0.2) is 19.9 Å². The van der Waals surface area contributed by atoms with E-state index in [-0.39, 0.29) is 125 Å². The van der Waals surface area contributed by atoms with Crippen molar-refractivity contribution in [2.75, 3.05) is 49.2 Å². The molecule has 1 unspecified atom stereocenters. The van der Waals surface area contributed by atoms with Crippen LogP contribution in [0.5, 0.6) is 5.75 Å². The zero-order valence-electron chi connectivity index (χ0n) is 37.4. The Balaban J connectivity index is 0. The van der Waals surface area contributed by atoms with Gasteiger partial charge in [-0.05, 0) is 80.3 Å². The van der Waals surface area contributed by atoms with Crippen LogP contribution in [0.2, 0.25) is 10.3 Å². The Morgan fingerprint density at radius 2 is 1.07 bits per heavy atom. The predicted molar refractivity (Wildman–Crippen MR) is 282 cm³/mol. The topological polar surface area (TPSA) is 413 Å². The number of carbonyl (C=O) groups is 3. The highest BCUT2D eigenvalue weighted by molar-refractivity contribution is 6.32. The Morgan fingerprint density at radius 1 is 0.652 bits per heavy atom.